The minimum atomic E-state index is -3.59. The van der Waals surface area contributed by atoms with Crippen molar-refractivity contribution in [2.24, 2.45) is 0 Å². The zero-order chi connectivity index (χ0) is 15.9. The number of aliphatic carboxylic acids is 1. The number of sulfonamides is 1. The monoisotopic (exact) mass is 314 g/mol. The van der Waals surface area contributed by atoms with Crippen molar-refractivity contribution in [2.75, 3.05) is 17.0 Å². The lowest BCUT2D eigenvalue weighted by atomic mass is 10.2. The first-order chi connectivity index (χ1) is 9.84. The van der Waals surface area contributed by atoms with Crippen molar-refractivity contribution >= 4 is 27.6 Å². The molecule has 7 nitrogen and oxygen atoms in total. The van der Waals surface area contributed by atoms with E-state index in [4.69, 9.17) is 5.11 Å². The Bertz CT molecular complexity index is 595. The smallest absolute Gasteiger partial charge is 0.303 e. The molecular weight excluding hydrogens is 296 g/mol. The highest BCUT2D eigenvalue weighted by atomic mass is 32.2. The van der Waals surface area contributed by atoms with Gasteiger partial charge in [0.05, 0.1) is 5.75 Å². The molecule has 0 aliphatic rings. The van der Waals surface area contributed by atoms with E-state index in [1.54, 1.807) is 6.92 Å². The minimum absolute atomic E-state index is 0.0433. The summed E-state index contributed by atoms with van der Waals surface area (Å²) in [6.45, 7) is 2.31. The molecule has 1 aromatic carbocycles. The fraction of sp³-hybridized carbons (Fsp3) is 0.385. The molecule has 1 rings (SSSR count). The topological polar surface area (TPSA) is 113 Å². The molecule has 0 heterocycles. The molecule has 0 bridgehead atoms. The lowest BCUT2D eigenvalue weighted by Gasteiger charge is -2.08. The van der Waals surface area contributed by atoms with Gasteiger partial charge in [-0.25, -0.2) is 8.42 Å². The molecule has 0 unspecified atom stereocenters. The number of anilines is 1. The first-order valence-corrected chi connectivity index (χ1v) is 8.10. The number of carboxylic acid groups (broad SMARTS) is 1. The van der Waals surface area contributed by atoms with E-state index in [2.05, 4.69) is 10.0 Å². The summed E-state index contributed by atoms with van der Waals surface area (Å²) in [4.78, 5) is 21.9. The van der Waals surface area contributed by atoms with Crippen LogP contribution in [0.15, 0.2) is 24.3 Å². The quantitative estimate of drug-likeness (QED) is 0.663. The summed E-state index contributed by atoms with van der Waals surface area (Å²) in [5, 5.41) is 11.1. The summed E-state index contributed by atoms with van der Waals surface area (Å²) in [7, 11) is -3.59. The van der Waals surface area contributed by atoms with Gasteiger partial charge in [-0.2, -0.15) is 0 Å². The van der Waals surface area contributed by atoms with Gasteiger partial charge in [-0.3, -0.25) is 14.3 Å². The van der Waals surface area contributed by atoms with Gasteiger partial charge in [0.1, 0.15) is 0 Å². The Hall–Kier alpha value is -2.09. The SMILES string of the molecule is CCNC(=O)c1ccc(NS(=O)(=O)CCCC(=O)O)cc1. The molecule has 0 fully saturated rings. The Balaban J connectivity index is 2.62. The number of nitrogens with one attached hydrogen (secondary N) is 2. The molecular formula is C13H18N2O5S. The predicted molar refractivity (Wildman–Crippen MR) is 78.7 cm³/mol. The summed E-state index contributed by atoms with van der Waals surface area (Å²) in [5.41, 5.74) is 0.768. The van der Waals surface area contributed by atoms with Crippen LogP contribution in [-0.4, -0.2) is 37.7 Å². The fourth-order valence-corrected chi connectivity index (χ4v) is 2.72. The number of benzene rings is 1. The van der Waals surface area contributed by atoms with Crippen molar-refractivity contribution in [1.82, 2.24) is 5.32 Å². The van der Waals surface area contributed by atoms with Gasteiger partial charge in [-0.05, 0) is 37.6 Å². The fourth-order valence-electron chi connectivity index (χ4n) is 1.60. The molecule has 0 saturated heterocycles. The molecule has 3 N–H and O–H groups in total. The van der Waals surface area contributed by atoms with Gasteiger partial charge in [0.15, 0.2) is 0 Å². The number of hydrogen-bond acceptors (Lipinski definition) is 4. The Labute approximate surface area is 123 Å². The van der Waals surface area contributed by atoms with Crippen molar-refractivity contribution in [3.05, 3.63) is 29.8 Å². The third-order valence-corrected chi connectivity index (χ3v) is 3.93. The lowest BCUT2D eigenvalue weighted by Crippen LogP contribution is -2.22. The summed E-state index contributed by atoms with van der Waals surface area (Å²) >= 11 is 0. The van der Waals surface area contributed by atoms with E-state index >= 15 is 0 Å². The van der Waals surface area contributed by atoms with E-state index in [1.165, 1.54) is 24.3 Å². The number of carbonyl (C=O) groups is 2. The van der Waals surface area contributed by atoms with Crippen LogP contribution in [0, 0.1) is 0 Å². The third kappa shape index (κ3) is 6.26. The van der Waals surface area contributed by atoms with Crippen molar-refractivity contribution < 1.29 is 23.1 Å². The molecule has 116 valence electrons. The van der Waals surface area contributed by atoms with Gasteiger partial charge in [-0.1, -0.05) is 0 Å². The van der Waals surface area contributed by atoms with Crippen LogP contribution >= 0.6 is 0 Å². The van der Waals surface area contributed by atoms with E-state index in [0.717, 1.165) is 0 Å². The molecule has 0 aliphatic heterocycles. The lowest BCUT2D eigenvalue weighted by molar-refractivity contribution is -0.137. The van der Waals surface area contributed by atoms with Crippen molar-refractivity contribution in [2.45, 2.75) is 19.8 Å². The molecule has 8 heteroatoms. The Morgan fingerprint density at radius 3 is 2.33 bits per heavy atom. The van der Waals surface area contributed by atoms with Crippen LogP contribution in [0.1, 0.15) is 30.1 Å². The Morgan fingerprint density at radius 1 is 1.19 bits per heavy atom. The highest BCUT2D eigenvalue weighted by molar-refractivity contribution is 7.92. The maximum Gasteiger partial charge on any atom is 0.303 e. The van der Waals surface area contributed by atoms with Gasteiger partial charge in [0, 0.05) is 24.2 Å². The van der Waals surface area contributed by atoms with Crippen LogP contribution in [0.4, 0.5) is 5.69 Å². The van der Waals surface area contributed by atoms with E-state index in [-0.39, 0.29) is 24.5 Å². The first kappa shape index (κ1) is 17.0. The second-order valence-corrected chi connectivity index (χ2v) is 6.20. The Morgan fingerprint density at radius 2 is 1.81 bits per heavy atom. The van der Waals surface area contributed by atoms with Crippen LogP contribution in [-0.2, 0) is 14.8 Å². The van der Waals surface area contributed by atoms with Crippen LogP contribution in [0.25, 0.3) is 0 Å². The second kappa shape index (κ2) is 7.63. The van der Waals surface area contributed by atoms with E-state index in [9.17, 15) is 18.0 Å². The van der Waals surface area contributed by atoms with Crippen LogP contribution in [0.5, 0.6) is 0 Å². The molecule has 21 heavy (non-hydrogen) atoms. The molecule has 0 spiro atoms. The average molecular weight is 314 g/mol. The maximum absolute atomic E-state index is 11.7. The van der Waals surface area contributed by atoms with Gasteiger partial charge >= 0.3 is 5.97 Å². The zero-order valence-electron chi connectivity index (χ0n) is 11.6. The average Bonchev–Trinajstić information content (AvgIpc) is 2.38. The van der Waals surface area contributed by atoms with Crippen LogP contribution in [0.2, 0.25) is 0 Å². The highest BCUT2D eigenvalue weighted by Crippen LogP contribution is 2.12. The summed E-state index contributed by atoms with van der Waals surface area (Å²) in [6.07, 6.45) is -0.154. The zero-order valence-corrected chi connectivity index (χ0v) is 12.4. The van der Waals surface area contributed by atoms with E-state index in [1.807, 2.05) is 0 Å². The number of hydrogen-bond donors (Lipinski definition) is 3. The van der Waals surface area contributed by atoms with Crippen molar-refractivity contribution in [1.29, 1.82) is 0 Å². The summed E-state index contributed by atoms with van der Waals surface area (Å²) in [6, 6.07) is 6.00. The number of amides is 1. The molecule has 0 atom stereocenters. The van der Waals surface area contributed by atoms with Gasteiger partial charge in [0.2, 0.25) is 10.0 Å². The number of carboxylic acids is 1. The third-order valence-electron chi connectivity index (χ3n) is 2.56. The van der Waals surface area contributed by atoms with E-state index in [0.29, 0.717) is 17.8 Å². The molecule has 0 radical (unpaired) electrons. The maximum atomic E-state index is 11.7. The molecule has 0 aromatic heterocycles. The molecule has 1 amide bonds. The van der Waals surface area contributed by atoms with Gasteiger partial charge in [0.25, 0.3) is 5.91 Å². The molecule has 0 saturated carbocycles. The molecule has 1 aromatic rings. The first-order valence-electron chi connectivity index (χ1n) is 6.44. The van der Waals surface area contributed by atoms with Crippen LogP contribution in [0.3, 0.4) is 0 Å². The van der Waals surface area contributed by atoms with Crippen LogP contribution < -0.4 is 10.0 Å². The standard InChI is InChI=1S/C13H18N2O5S/c1-2-14-13(18)10-5-7-11(8-6-10)15-21(19,20)9-3-4-12(16)17/h5-8,15H,2-4,9H2,1H3,(H,14,18)(H,16,17). The van der Waals surface area contributed by atoms with Crippen molar-refractivity contribution in [3.63, 3.8) is 0 Å². The Kier molecular flexibility index (Phi) is 6.16. The minimum Gasteiger partial charge on any atom is -0.481 e. The molecule has 0 aliphatic carbocycles. The van der Waals surface area contributed by atoms with Gasteiger partial charge in [-0.15, -0.1) is 0 Å². The second-order valence-electron chi connectivity index (χ2n) is 4.36. The van der Waals surface area contributed by atoms with Crippen molar-refractivity contribution in [3.8, 4) is 0 Å². The number of carbonyl (C=O) groups excluding carboxylic acids is 1. The number of rotatable bonds is 8. The van der Waals surface area contributed by atoms with E-state index < -0.39 is 16.0 Å². The highest BCUT2D eigenvalue weighted by Gasteiger charge is 2.12. The normalized spacial score (nSPS) is 10.9. The largest absolute Gasteiger partial charge is 0.481 e. The summed E-state index contributed by atoms with van der Waals surface area (Å²) in [5.74, 6) is -1.53. The van der Waals surface area contributed by atoms with Gasteiger partial charge < -0.3 is 10.4 Å². The summed E-state index contributed by atoms with van der Waals surface area (Å²) < 4.78 is 25.8. The predicted octanol–water partition coefficient (Wildman–Crippen LogP) is 1.04.